The maximum atomic E-state index is 12.6. The Morgan fingerprint density at radius 3 is 2.29 bits per heavy atom. The predicted molar refractivity (Wildman–Crippen MR) is 127 cm³/mol. The Morgan fingerprint density at radius 1 is 1.00 bits per heavy atom. The summed E-state index contributed by atoms with van der Waals surface area (Å²) in [6.07, 6.45) is 0.689. The molecule has 2 amide bonds. The summed E-state index contributed by atoms with van der Waals surface area (Å²) >= 11 is 0. The van der Waals surface area contributed by atoms with Crippen molar-refractivity contribution in [3.8, 4) is 11.1 Å². The summed E-state index contributed by atoms with van der Waals surface area (Å²) < 4.78 is 5.55. The lowest BCUT2D eigenvalue weighted by Crippen LogP contribution is -2.31. The van der Waals surface area contributed by atoms with Crippen LogP contribution in [0, 0.1) is 5.92 Å². The number of benzene rings is 2. The minimum atomic E-state index is -0.933. The van der Waals surface area contributed by atoms with Crippen LogP contribution >= 0.6 is 0 Å². The van der Waals surface area contributed by atoms with Crippen molar-refractivity contribution in [3.63, 3.8) is 0 Å². The first-order valence-electron chi connectivity index (χ1n) is 11.0. The molecule has 0 radical (unpaired) electrons. The van der Waals surface area contributed by atoms with E-state index in [-0.39, 0.29) is 42.8 Å². The second kappa shape index (κ2) is 10.2. The van der Waals surface area contributed by atoms with Crippen LogP contribution in [0.25, 0.3) is 11.1 Å². The number of rotatable bonds is 8. The van der Waals surface area contributed by atoms with Gasteiger partial charge in [0, 0.05) is 25.1 Å². The average molecular weight is 460 g/mol. The van der Waals surface area contributed by atoms with Crippen LogP contribution in [0.3, 0.4) is 0 Å². The fourth-order valence-corrected chi connectivity index (χ4v) is 4.15. The molecule has 3 aromatic rings. The maximum Gasteiger partial charge on any atom is 0.411 e. The zero-order chi connectivity index (χ0) is 24.1. The molecule has 0 aliphatic heterocycles. The predicted octanol–water partition coefficient (Wildman–Crippen LogP) is 4.28. The molecule has 8 nitrogen and oxygen atoms in total. The van der Waals surface area contributed by atoms with Crippen molar-refractivity contribution in [3.05, 3.63) is 83.7 Å². The van der Waals surface area contributed by atoms with Gasteiger partial charge in [0.05, 0.1) is 5.69 Å². The minimum absolute atomic E-state index is 0.0264. The molecule has 0 bridgehead atoms. The van der Waals surface area contributed by atoms with E-state index in [1.807, 2.05) is 36.4 Å². The van der Waals surface area contributed by atoms with E-state index < -0.39 is 18.0 Å². The third kappa shape index (κ3) is 5.06. The molecule has 1 heterocycles. The Bertz CT molecular complexity index is 1180. The number of aromatic nitrogens is 1. The third-order valence-electron chi connectivity index (χ3n) is 5.74. The largest absolute Gasteiger partial charge is 0.481 e. The summed E-state index contributed by atoms with van der Waals surface area (Å²) in [6.45, 7) is 2.04. The number of hydrogen-bond donors (Lipinski definition) is 3. The van der Waals surface area contributed by atoms with Crippen LogP contribution in [0.2, 0.25) is 0 Å². The van der Waals surface area contributed by atoms with Crippen molar-refractivity contribution in [1.82, 2.24) is 10.3 Å². The molecule has 2 aromatic carbocycles. The van der Waals surface area contributed by atoms with E-state index in [0.717, 1.165) is 22.3 Å². The molecule has 0 spiro atoms. The number of anilines is 1. The lowest BCUT2D eigenvalue weighted by molar-refractivity contribution is -0.137. The molecule has 0 saturated heterocycles. The molecule has 1 atom stereocenters. The van der Waals surface area contributed by atoms with E-state index in [2.05, 4.69) is 27.8 Å². The molecular formula is C26H25N3O5. The number of nitrogens with one attached hydrogen (secondary N) is 2. The highest BCUT2D eigenvalue weighted by molar-refractivity contribution is 6.00. The van der Waals surface area contributed by atoms with Crippen LogP contribution in [-0.4, -0.2) is 41.2 Å². The first-order chi connectivity index (χ1) is 16.4. The molecule has 8 heteroatoms. The average Bonchev–Trinajstić information content (AvgIpc) is 3.15. The van der Waals surface area contributed by atoms with Gasteiger partial charge in [-0.05, 0) is 40.3 Å². The van der Waals surface area contributed by atoms with E-state index in [0.29, 0.717) is 0 Å². The van der Waals surface area contributed by atoms with Crippen molar-refractivity contribution in [1.29, 1.82) is 0 Å². The number of fused-ring (bicyclic) bond motifs is 3. The number of carboxylic acids is 1. The van der Waals surface area contributed by atoms with Gasteiger partial charge in [0.1, 0.15) is 6.61 Å². The number of carbonyl (C=O) groups excluding carboxylic acids is 2. The van der Waals surface area contributed by atoms with E-state index >= 15 is 0 Å². The third-order valence-corrected chi connectivity index (χ3v) is 5.74. The van der Waals surface area contributed by atoms with Gasteiger partial charge in [-0.25, -0.2) is 9.78 Å². The summed E-state index contributed by atoms with van der Waals surface area (Å²) in [4.78, 5) is 40.0. The molecule has 1 aliphatic rings. The number of carbonyl (C=O) groups is 3. The Balaban J connectivity index is 1.40. The maximum absolute atomic E-state index is 12.6. The molecule has 34 heavy (non-hydrogen) atoms. The molecule has 4 rings (SSSR count). The van der Waals surface area contributed by atoms with Crippen molar-refractivity contribution in [2.24, 2.45) is 5.92 Å². The van der Waals surface area contributed by atoms with Crippen molar-refractivity contribution < 1.29 is 24.2 Å². The Labute approximate surface area is 197 Å². The smallest absolute Gasteiger partial charge is 0.411 e. The van der Waals surface area contributed by atoms with Gasteiger partial charge in [-0.1, -0.05) is 55.5 Å². The number of amides is 2. The fourth-order valence-electron chi connectivity index (χ4n) is 4.15. The second-order valence-electron chi connectivity index (χ2n) is 8.26. The van der Waals surface area contributed by atoms with Gasteiger partial charge in [0.25, 0.3) is 5.91 Å². The van der Waals surface area contributed by atoms with E-state index in [9.17, 15) is 14.4 Å². The topological polar surface area (TPSA) is 118 Å². The van der Waals surface area contributed by atoms with Crippen LogP contribution in [0.15, 0.2) is 66.9 Å². The molecule has 0 saturated carbocycles. The van der Waals surface area contributed by atoms with Crippen LogP contribution in [0.4, 0.5) is 10.5 Å². The molecule has 0 fully saturated rings. The lowest BCUT2D eigenvalue weighted by atomic mass is 9.98. The molecule has 1 aliphatic carbocycles. The number of carboxylic acid groups (broad SMARTS) is 1. The standard InChI is InChI=1S/C26H25N3O5/c1-16(13-23(30)31)14-28-25(32)24-22(11-6-12-27-24)29-26(33)34-15-21-19-9-4-2-7-17(19)18-8-3-5-10-20(18)21/h2-12,16,21H,13-15H2,1H3,(H,28,32)(H,29,33)(H,30,31). The second-order valence-corrected chi connectivity index (χ2v) is 8.26. The van der Waals surface area contributed by atoms with Crippen molar-refractivity contribution in [2.45, 2.75) is 19.3 Å². The first kappa shape index (κ1) is 23.0. The number of nitrogens with zero attached hydrogens (tertiary/aromatic N) is 1. The van der Waals surface area contributed by atoms with E-state index in [1.54, 1.807) is 19.1 Å². The first-order valence-corrected chi connectivity index (χ1v) is 11.0. The quantitative estimate of drug-likeness (QED) is 0.463. The Kier molecular flexibility index (Phi) is 6.87. The zero-order valence-electron chi connectivity index (χ0n) is 18.7. The van der Waals surface area contributed by atoms with Crippen molar-refractivity contribution in [2.75, 3.05) is 18.5 Å². The Hall–Kier alpha value is -4.20. The molecular weight excluding hydrogens is 434 g/mol. The number of ether oxygens (including phenoxy) is 1. The van der Waals surface area contributed by atoms with Gasteiger partial charge in [-0.3, -0.25) is 14.9 Å². The van der Waals surface area contributed by atoms with Gasteiger partial charge >= 0.3 is 12.1 Å². The Morgan fingerprint density at radius 2 is 1.65 bits per heavy atom. The SMILES string of the molecule is CC(CNC(=O)c1ncccc1NC(=O)OCC1c2ccccc2-c2ccccc21)CC(=O)O. The van der Waals surface area contributed by atoms with Crippen LogP contribution in [0.1, 0.15) is 40.9 Å². The zero-order valence-corrected chi connectivity index (χ0v) is 18.7. The minimum Gasteiger partial charge on any atom is -0.481 e. The van der Waals surface area contributed by atoms with Gasteiger partial charge in [-0.15, -0.1) is 0 Å². The molecule has 174 valence electrons. The van der Waals surface area contributed by atoms with Gasteiger partial charge in [-0.2, -0.15) is 0 Å². The summed E-state index contributed by atoms with van der Waals surface area (Å²) in [5, 5.41) is 14.1. The molecule has 1 unspecified atom stereocenters. The number of hydrogen-bond acceptors (Lipinski definition) is 5. The van der Waals surface area contributed by atoms with Gasteiger partial charge in [0.15, 0.2) is 5.69 Å². The summed E-state index contributed by atoms with van der Waals surface area (Å²) in [5.74, 6) is -1.77. The highest BCUT2D eigenvalue weighted by Crippen LogP contribution is 2.44. The monoisotopic (exact) mass is 459 g/mol. The molecule has 3 N–H and O–H groups in total. The van der Waals surface area contributed by atoms with Gasteiger partial charge in [0.2, 0.25) is 0 Å². The van der Waals surface area contributed by atoms with Gasteiger partial charge < -0.3 is 15.2 Å². The van der Waals surface area contributed by atoms with Crippen LogP contribution in [-0.2, 0) is 9.53 Å². The highest BCUT2D eigenvalue weighted by atomic mass is 16.5. The summed E-state index contributed by atoms with van der Waals surface area (Å²) in [7, 11) is 0. The van der Waals surface area contributed by atoms with Crippen LogP contribution in [0.5, 0.6) is 0 Å². The lowest BCUT2D eigenvalue weighted by Gasteiger charge is -2.15. The highest BCUT2D eigenvalue weighted by Gasteiger charge is 2.29. The van der Waals surface area contributed by atoms with Crippen molar-refractivity contribution >= 4 is 23.7 Å². The number of aliphatic carboxylic acids is 1. The van der Waals surface area contributed by atoms with E-state index in [1.165, 1.54) is 6.20 Å². The van der Waals surface area contributed by atoms with Crippen LogP contribution < -0.4 is 10.6 Å². The number of pyridine rings is 1. The molecule has 1 aromatic heterocycles. The normalized spacial score (nSPS) is 12.9. The fraction of sp³-hybridized carbons (Fsp3) is 0.231. The summed E-state index contributed by atoms with van der Waals surface area (Å²) in [6, 6.07) is 19.3. The summed E-state index contributed by atoms with van der Waals surface area (Å²) in [5.41, 5.74) is 4.72. The van der Waals surface area contributed by atoms with E-state index in [4.69, 9.17) is 9.84 Å².